The topological polar surface area (TPSA) is 46.6 Å². The molecule has 0 amide bonds. The van der Waals surface area contributed by atoms with Gasteiger partial charge in [0.15, 0.2) is 5.75 Å². The van der Waals surface area contributed by atoms with Crippen LogP contribution in [0.4, 0.5) is 5.69 Å². The first kappa shape index (κ1) is 19.4. The summed E-state index contributed by atoms with van der Waals surface area (Å²) in [5.74, 6) is 1.10. The van der Waals surface area contributed by atoms with Gasteiger partial charge in [0.25, 0.3) is 10.0 Å². The number of fused-ring (bicyclic) bond motifs is 2. The quantitative estimate of drug-likeness (QED) is 0.412. The average Bonchev–Trinajstić information content (AvgIpc) is 2.79. The van der Waals surface area contributed by atoms with Gasteiger partial charge in [-0.2, -0.15) is 0 Å². The Morgan fingerprint density at radius 1 is 0.806 bits per heavy atom. The molecule has 31 heavy (non-hydrogen) atoms. The molecule has 1 aliphatic rings. The van der Waals surface area contributed by atoms with E-state index in [9.17, 15) is 8.42 Å². The van der Waals surface area contributed by atoms with Gasteiger partial charge in [-0.05, 0) is 47.5 Å². The van der Waals surface area contributed by atoms with E-state index in [2.05, 4.69) is 24.3 Å². The molecule has 0 atom stereocenters. The van der Waals surface area contributed by atoms with Crippen LogP contribution in [0.2, 0.25) is 0 Å². The number of sulfonamides is 1. The molecule has 0 unspecified atom stereocenters. The average molecular weight is 428 g/mol. The number of rotatable bonds is 4. The maximum atomic E-state index is 13.5. The summed E-state index contributed by atoms with van der Waals surface area (Å²) in [5, 5.41) is 2.31. The van der Waals surface area contributed by atoms with Crippen LogP contribution in [-0.4, -0.2) is 8.42 Å². The van der Waals surface area contributed by atoms with Crippen LogP contribution in [0.3, 0.4) is 0 Å². The minimum Gasteiger partial charge on any atom is -0.458 e. The fraction of sp³-hybridized carbons (Fsp3) is 0.0769. The second-order valence-corrected chi connectivity index (χ2v) is 9.45. The molecule has 0 aliphatic carbocycles. The number of anilines is 1. The molecule has 5 heteroatoms. The molecule has 0 N–H and O–H groups in total. The molecule has 0 spiro atoms. The van der Waals surface area contributed by atoms with Gasteiger partial charge in [0.1, 0.15) is 5.76 Å². The first-order valence-corrected chi connectivity index (χ1v) is 11.5. The second kappa shape index (κ2) is 7.60. The summed E-state index contributed by atoms with van der Waals surface area (Å²) < 4.78 is 34.3. The van der Waals surface area contributed by atoms with Crippen LogP contribution in [-0.2, 0) is 16.4 Å². The fourth-order valence-corrected chi connectivity index (χ4v) is 5.12. The molecule has 1 heterocycles. The second-order valence-electron chi connectivity index (χ2n) is 7.64. The van der Waals surface area contributed by atoms with E-state index in [1.807, 2.05) is 37.3 Å². The van der Waals surface area contributed by atoms with Gasteiger partial charge in [0.05, 0.1) is 16.8 Å². The van der Waals surface area contributed by atoms with Crippen molar-refractivity contribution in [1.29, 1.82) is 0 Å². The molecule has 4 aromatic carbocycles. The van der Waals surface area contributed by atoms with Crippen molar-refractivity contribution in [1.82, 2.24) is 0 Å². The third-order valence-corrected chi connectivity index (χ3v) is 7.06. The van der Waals surface area contributed by atoms with Crippen LogP contribution in [0, 0.1) is 6.92 Å². The summed E-state index contributed by atoms with van der Waals surface area (Å²) in [4.78, 5) is 0.246. The van der Waals surface area contributed by atoms with E-state index >= 15 is 0 Å². The third-order valence-electron chi connectivity index (χ3n) is 5.38. The maximum Gasteiger partial charge on any atom is 0.268 e. The summed E-state index contributed by atoms with van der Waals surface area (Å²) in [7, 11) is -3.78. The highest BCUT2D eigenvalue weighted by molar-refractivity contribution is 7.93. The van der Waals surface area contributed by atoms with Gasteiger partial charge >= 0.3 is 0 Å². The smallest absolute Gasteiger partial charge is 0.268 e. The van der Waals surface area contributed by atoms with Crippen molar-refractivity contribution in [2.45, 2.75) is 18.2 Å². The van der Waals surface area contributed by atoms with Crippen LogP contribution in [0.5, 0.6) is 5.75 Å². The molecule has 4 aromatic rings. The van der Waals surface area contributed by atoms with Crippen molar-refractivity contribution in [3.05, 3.63) is 114 Å². The first-order valence-electron chi connectivity index (χ1n) is 10.1. The van der Waals surface area contributed by atoms with Crippen molar-refractivity contribution >= 4 is 26.5 Å². The molecule has 0 saturated carbocycles. The van der Waals surface area contributed by atoms with E-state index in [-0.39, 0.29) is 4.90 Å². The Kier molecular flexibility index (Phi) is 4.75. The molecule has 1 aliphatic heterocycles. The predicted molar refractivity (Wildman–Crippen MR) is 124 cm³/mol. The van der Waals surface area contributed by atoms with Gasteiger partial charge in [-0.25, -0.2) is 12.7 Å². The minimum absolute atomic E-state index is 0.246. The van der Waals surface area contributed by atoms with E-state index in [0.717, 1.165) is 16.5 Å². The van der Waals surface area contributed by atoms with Crippen LogP contribution in [0.15, 0.2) is 108 Å². The number of allylic oxidation sites excluding steroid dienone is 1. The Bertz CT molecular complexity index is 1410. The first-order chi connectivity index (χ1) is 15.0. The van der Waals surface area contributed by atoms with Crippen LogP contribution in [0.1, 0.15) is 11.1 Å². The minimum atomic E-state index is -3.78. The Labute approximate surface area is 182 Å². The van der Waals surface area contributed by atoms with E-state index in [1.54, 1.807) is 42.6 Å². The molecular weight excluding hydrogens is 406 g/mol. The molecule has 0 saturated heterocycles. The largest absolute Gasteiger partial charge is 0.458 e. The highest BCUT2D eigenvalue weighted by atomic mass is 32.2. The lowest BCUT2D eigenvalue weighted by atomic mass is 10.0. The number of benzene rings is 4. The Balaban J connectivity index is 1.55. The summed E-state index contributed by atoms with van der Waals surface area (Å²) >= 11 is 0. The lowest BCUT2D eigenvalue weighted by molar-refractivity contribution is 0.405. The lowest BCUT2D eigenvalue weighted by Crippen LogP contribution is -2.30. The molecule has 0 bridgehead atoms. The number of para-hydroxylation sites is 2. The standard InChI is InChI=1S/C26H21NO3S/c1-19-10-14-24(15-11-19)31(28,29)27-18-23(30-26-9-5-4-8-25(26)27)17-20-12-13-21-6-2-3-7-22(21)16-20/h2-16,18H,17H2,1H3. The monoisotopic (exact) mass is 427 g/mol. The highest BCUT2D eigenvalue weighted by Crippen LogP contribution is 2.38. The molecule has 0 radical (unpaired) electrons. The van der Waals surface area contributed by atoms with Crippen molar-refractivity contribution in [3.8, 4) is 5.75 Å². The zero-order valence-electron chi connectivity index (χ0n) is 17.0. The number of nitrogens with zero attached hydrogens (tertiary/aromatic N) is 1. The summed E-state index contributed by atoms with van der Waals surface area (Å²) in [6, 6.07) is 28.5. The molecule has 0 aromatic heterocycles. The SMILES string of the molecule is Cc1ccc(S(=O)(=O)N2C=C(Cc3ccc4ccccc4c3)Oc3ccccc32)cc1. The molecular formula is C26H21NO3S. The van der Waals surface area contributed by atoms with E-state index in [1.165, 1.54) is 9.69 Å². The molecule has 0 fully saturated rings. The Hall–Kier alpha value is -3.57. The Morgan fingerprint density at radius 2 is 1.52 bits per heavy atom. The zero-order valence-corrected chi connectivity index (χ0v) is 17.8. The van der Waals surface area contributed by atoms with Crippen molar-refractivity contribution in [3.63, 3.8) is 0 Å². The van der Waals surface area contributed by atoms with Gasteiger partial charge in [0, 0.05) is 6.42 Å². The Morgan fingerprint density at radius 3 is 2.32 bits per heavy atom. The van der Waals surface area contributed by atoms with Crippen molar-refractivity contribution in [2.75, 3.05) is 4.31 Å². The van der Waals surface area contributed by atoms with Gasteiger partial charge in [-0.15, -0.1) is 0 Å². The zero-order chi connectivity index (χ0) is 21.4. The highest BCUT2D eigenvalue weighted by Gasteiger charge is 2.30. The van der Waals surface area contributed by atoms with Crippen molar-refractivity contribution < 1.29 is 13.2 Å². The number of hydrogen-bond acceptors (Lipinski definition) is 3. The molecule has 154 valence electrons. The summed E-state index contributed by atoms with van der Waals surface area (Å²) in [6.45, 7) is 1.93. The molecule has 4 nitrogen and oxygen atoms in total. The number of aryl methyl sites for hydroxylation is 1. The summed E-state index contributed by atoms with van der Waals surface area (Å²) in [6.07, 6.45) is 2.08. The van der Waals surface area contributed by atoms with Crippen LogP contribution in [0.25, 0.3) is 10.8 Å². The predicted octanol–water partition coefficient (Wildman–Crippen LogP) is 5.82. The van der Waals surface area contributed by atoms with Crippen LogP contribution < -0.4 is 9.04 Å². The fourth-order valence-electron chi connectivity index (χ4n) is 3.75. The summed E-state index contributed by atoms with van der Waals surface area (Å²) in [5.41, 5.74) is 2.57. The van der Waals surface area contributed by atoms with Gasteiger partial charge in [-0.3, -0.25) is 0 Å². The van der Waals surface area contributed by atoms with E-state index in [0.29, 0.717) is 23.6 Å². The van der Waals surface area contributed by atoms with Gasteiger partial charge in [-0.1, -0.05) is 72.3 Å². The maximum absolute atomic E-state index is 13.5. The normalized spacial score (nSPS) is 13.5. The van der Waals surface area contributed by atoms with Gasteiger partial charge in [0.2, 0.25) is 0 Å². The van der Waals surface area contributed by atoms with Crippen LogP contribution >= 0.6 is 0 Å². The number of ether oxygens (including phenoxy) is 1. The van der Waals surface area contributed by atoms with Crippen molar-refractivity contribution in [2.24, 2.45) is 0 Å². The van der Waals surface area contributed by atoms with Gasteiger partial charge < -0.3 is 4.74 Å². The third kappa shape index (κ3) is 3.68. The van der Waals surface area contributed by atoms with E-state index < -0.39 is 10.0 Å². The lowest BCUT2D eigenvalue weighted by Gasteiger charge is -2.28. The van der Waals surface area contributed by atoms with E-state index in [4.69, 9.17) is 4.74 Å². The molecule has 5 rings (SSSR count). The number of hydrogen-bond donors (Lipinski definition) is 0.